The Hall–Kier alpha value is 0.177. The quantitative estimate of drug-likeness (QED) is 0.641. The van der Waals surface area contributed by atoms with Crippen LogP contribution in [0.4, 0.5) is 0 Å². The minimum absolute atomic E-state index is 0.357. The summed E-state index contributed by atoms with van der Waals surface area (Å²) < 4.78 is 6.23. The van der Waals surface area contributed by atoms with Crippen molar-refractivity contribution in [3.63, 3.8) is 0 Å². The average Bonchev–Trinajstić information content (AvgIpc) is 2.49. The Balaban J connectivity index is 2.25. The number of hydrogen-bond donors (Lipinski definition) is 0. The van der Waals surface area contributed by atoms with E-state index in [1.807, 2.05) is 0 Å². The fourth-order valence-electron chi connectivity index (χ4n) is 2.28. The van der Waals surface area contributed by atoms with Crippen molar-refractivity contribution in [3.8, 4) is 0 Å². The molecule has 0 aromatic heterocycles. The van der Waals surface area contributed by atoms with E-state index in [4.69, 9.17) is 4.43 Å². The lowest BCUT2D eigenvalue weighted by Crippen LogP contribution is -2.41. The molecule has 0 spiro atoms. The van der Waals surface area contributed by atoms with Crippen LogP contribution < -0.4 is 0 Å². The molecule has 0 N–H and O–H groups in total. The standard InChI is InChI=1S/C14H30OSi/c1-12-7-8-13(11-12)9-10-15-16(5,6)14(2,3)4/h12-13H,7-11H2,1-6H3/t12-,13-/m0/s1. The van der Waals surface area contributed by atoms with Crippen LogP contribution in [0.1, 0.15) is 53.4 Å². The first-order valence-electron chi connectivity index (χ1n) is 6.86. The van der Waals surface area contributed by atoms with Crippen molar-refractivity contribution < 1.29 is 4.43 Å². The van der Waals surface area contributed by atoms with Crippen LogP contribution in [0.3, 0.4) is 0 Å². The smallest absolute Gasteiger partial charge is 0.191 e. The van der Waals surface area contributed by atoms with Gasteiger partial charge in [0.05, 0.1) is 0 Å². The predicted molar refractivity (Wildman–Crippen MR) is 74.3 cm³/mol. The molecule has 0 bridgehead atoms. The summed E-state index contributed by atoms with van der Waals surface area (Å²) in [5.41, 5.74) is 0. The van der Waals surface area contributed by atoms with Crippen LogP contribution in [0, 0.1) is 11.8 Å². The maximum absolute atomic E-state index is 6.23. The van der Waals surface area contributed by atoms with Gasteiger partial charge in [-0.05, 0) is 42.8 Å². The van der Waals surface area contributed by atoms with Gasteiger partial charge in [-0.25, -0.2) is 0 Å². The van der Waals surface area contributed by atoms with Crippen LogP contribution in [0.25, 0.3) is 0 Å². The van der Waals surface area contributed by atoms with Crippen molar-refractivity contribution in [2.45, 2.75) is 71.5 Å². The van der Waals surface area contributed by atoms with Crippen LogP contribution >= 0.6 is 0 Å². The SMILES string of the molecule is C[C@H]1CC[C@@H](CCO[Si](C)(C)C(C)(C)C)C1. The van der Waals surface area contributed by atoms with Gasteiger partial charge >= 0.3 is 0 Å². The molecule has 1 saturated carbocycles. The minimum atomic E-state index is -1.49. The van der Waals surface area contributed by atoms with Gasteiger partial charge in [-0.1, -0.05) is 40.5 Å². The molecular formula is C14H30OSi. The number of hydrogen-bond acceptors (Lipinski definition) is 1. The molecule has 16 heavy (non-hydrogen) atoms. The van der Waals surface area contributed by atoms with Crippen LogP contribution in [-0.4, -0.2) is 14.9 Å². The third kappa shape index (κ3) is 3.88. The lowest BCUT2D eigenvalue weighted by Gasteiger charge is -2.36. The molecule has 0 saturated heterocycles. The molecular weight excluding hydrogens is 212 g/mol. The zero-order chi connectivity index (χ0) is 12.4. The van der Waals surface area contributed by atoms with Gasteiger partial charge < -0.3 is 4.43 Å². The predicted octanol–water partition coefficient (Wildman–Crippen LogP) is 4.83. The summed E-state index contributed by atoms with van der Waals surface area (Å²) in [6.45, 7) is 15.0. The molecule has 96 valence electrons. The van der Waals surface area contributed by atoms with Crippen molar-refractivity contribution in [3.05, 3.63) is 0 Å². The first-order valence-corrected chi connectivity index (χ1v) is 9.77. The van der Waals surface area contributed by atoms with Gasteiger partial charge in [0.2, 0.25) is 0 Å². The van der Waals surface area contributed by atoms with E-state index in [1.54, 1.807) is 0 Å². The summed E-state index contributed by atoms with van der Waals surface area (Å²) in [7, 11) is -1.49. The molecule has 1 aliphatic rings. The van der Waals surface area contributed by atoms with Gasteiger partial charge in [-0.3, -0.25) is 0 Å². The minimum Gasteiger partial charge on any atom is -0.417 e. The Labute approximate surface area is 103 Å². The normalized spacial score (nSPS) is 27.4. The molecule has 0 aromatic carbocycles. The zero-order valence-electron chi connectivity index (χ0n) is 12.1. The first kappa shape index (κ1) is 14.2. The molecule has 0 amide bonds. The first-order chi connectivity index (χ1) is 7.22. The monoisotopic (exact) mass is 242 g/mol. The van der Waals surface area contributed by atoms with E-state index >= 15 is 0 Å². The Morgan fingerprint density at radius 1 is 1.19 bits per heavy atom. The number of rotatable bonds is 4. The maximum atomic E-state index is 6.23. The second kappa shape index (κ2) is 5.22. The van der Waals surface area contributed by atoms with Crippen molar-refractivity contribution in [1.29, 1.82) is 0 Å². The van der Waals surface area contributed by atoms with Crippen LogP contribution in [-0.2, 0) is 4.43 Å². The van der Waals surface area contributed by atoms with Crippen LogP contribution in [0.2, 0.25) is 18.1 Å². The topological polar surface area (TPSA) is 9.23 Å². The molecule has 0 aliphatic heterocycles. The second-order valence-corrected chi connectivity index (χ2v) is 12.0. The van der Waals surface area contributed by atoms with Crippen LogP contribution in [0.15, 0.2) is 0 Å². The summed E-state index contributed by atoms with van der Waals surface area (Å²) in [4.78, 5) is 0. The second-order valence-electron chi connectivity index (χ2n) is 7.18. The maximum Gasteiger partial charge on any atom is 0.191 e. The highest BCUT2D eigenvalue weighted by Crippen LogP contribution is 2.37. The van der Waals surface area contributed by atoms with Crippen molar-refractivity contribution in [2.24, 2.45) is 11.8 Å². The lowest BCUT2D eigenvalue weighted by atomic mass is 10.0. The summed E-state index contributed by atoms with van der Waals surface area (Å²) in [6, 6.07) is 0. The van der Waals surface area contributed by atoms with E-state index in [0.717, 1.165) is 18.4 Å². The Bertz CT molecular complexity index is 217. The summed E-state index contributed by atoms with van der Waals surface area (Å²) in [5, 5.41) is 0.357. The molecule has 1 nitrogen and oxygen atoms in total. The van der Waals surface area contributed by atoms with Crippen molar-refractivity contribution in [1.82, 2.24) is 0 Å². The van der Waals surface area contributed by atoms with Gasteiger partial charge in [0, 0.05) is 6.61 Å². The molecule has 0 heterocycles. The molecule has 2 heteroatoms. The Morgan fingerprint density at radius 3 is 2.25 bits per heavy atom. The molecule has 0 unspecified atom stereocenters. The molecule has 1 aliphatic carbocycles. The fraction of sp³-hybridized carbons (Fsp3) is 1.00. The van der Waals surface area contributed by atoms with E-state index in [9.17, 15) is 0 Å². The highest BCUT2D eigenvalue weighted by molar-refractivity contribution is 6.74. The summed E-state index contributed by atoms with van der Waals surface area (Å²) in [5.74, 6) is 1.90. The highest BCUT2D eigenvalue weighted by Gasteiger charge is 2.37. The Morgan fingerprint density at radius 2 is 1.81 bits per heavy atom. The van der Waals surface area contributed by atoms with Crippen molar-refractivity contribution >= 4 is 8.32 Å². The van der Waals surface area contributed by atoms with E-state index in [-0.39, 0.29) is 0 Å². The van der Waals surface area contributed by atoms with Gasteiger partial charge in [-0.2, -0.15) is 0 Å². The zero-order valence-corrected chi connectivity index (χ0v) is 13.1. The van der Waals surface area contributed by atoms with E-state index in [0.29, 0.717) is 5.04 Å². The third-order valence-corrected chi connectivity index (χ3v) is 9.14. The molecule has 1 fully saturated rings. The van der Waals surface area contributed by atoms with E-state index < -0.39 is 8.32 Å². The largest absolute Gasteiger partial charge is 0.417 e. The van der Waals surface area contributed by atoms with Crippen molar-refractivity contribution in [2.75, 3.05) is 6.61 Å². The van der Waals surface area contributed by atoms with Gasteiger partial charge in [0.15, 0.2) is 8.32 Å². The molecule has 2 atom stereocenters. The summed E-state index contributed by atoms with van der Waals surface area (Å²) >= 11 is 0. The third-order valence-electron chi connectivity index (χ3n) is 4.60. The van der Waals surface area contributed by atoms with Gasteiger partial charge in [0.1, 0.15) is 0 Å². The molecule has 0 radical (unpaired) electrons. The van der Waals surface area contributed by atoms with Crippen LogP contribution in [0.5, 0.6) is 0 Å². The van der Waals surface area contributed by atoms with E-state index in [2.05, 4.69) is 40.8 Å². The van der Waals surface area contributed by atoms with E-state index in [1.165, 1.54) is 25.7 Å². The van der Waals surface area contributed by atoms with Gasteiger partial charge in [-0.15, -0.1) is 0 Å². The lowest BCUT2D eigenvalue weighted by molar-refractivity contribution is 0.255. The molecule has 0 aromatic rings. The highest BCUT2D eigenvalue weighted by atomic mass is 28.4. The Kier molecular flexibility index (Phi) is 4.64. The fourth-order valence-corrected chi connectivity index (χ4v) is 3.35. The summed E-state index contributed by atoms with van der Waals surface area (Å²) in [6.07, 6.45) is 5.59. The molecule has 1 rings (SSSR count). The average molecular weight is 242 g/mol. The van der Waals surface area contributed by atoms with Gasteiger partial charge in [0.25, 0.3) is 0 Å².